The van der Waals surface area contributed by atoms with E-state index >= 15 is 0 Å². The van der Waals surface area contributed by atoms with Gasteiger partial charge >= 0.3 is 17.9 Å². The second-order valence-electron chi connectivity index (χ2n) is 13.4. The molecule has 0 saturated heterocycles. The van der Waals surface area contributed by atoms with Crippen LogP contribution in [-0.2, 0) is 28.7 Å². The summed E-state index contributed by atoms with van der Waals surface area (Å²) in [6.45, 7) is 9.27. The highest BCUT2D eigenvalue weighted by molar-refractivity contribution is 5.81. The topological polar surface area (TPSA) is 139 Å². The van der Waals surface area contributed by atoms with Gasteiger partial charge in [-0.3, -0.25) is 19.2 Å². The molecule has 4 rings (SSSR count). The lowest BCUT2D eigenvalue weighted by Gasteiger charge is -2.64. The average molecular weight is 550 g/mol. The van der Waals surface area contributed by atoms with Crippen LogP contribution in [0.4, 0.5) is 0 Å². The molecule has 39 heavy (non-hydrogen) atoms. The van der Waals surface area contributed by atoms with Crippen LogP contribution in [0, 0.1) is 46.3 Å². The van der Waals surface area contributed by atoms with E-state index < -0.39 is 5.97 Å². The van der Waals surface area contributed by atoms with Crippen LogP contribution >= 0.6 is 0 Å². The van der Waals surface area contributed by atoms with Crippen LogP contribution in [0.15, 0.2) is 0 Å². The summed E-state index contributed by atoms with van der Waals surface area (Å²) in [6, 6.07) is 0. The lowest BCUT2D eigenvalue weighted by atomic mass is 9.43. The highest BCUT2D eigenvalue weighted by atomic mass is 16.5. The van der Waals surface area contributed by atoms with Crippen LogP contribution in [0.3, 0.4) is 0 Å². The molecule has 4 aliphatic carbocycles. The summed E-state index contributed by atoms with van der Waals surface area (Å²) < 4.78 is 12.2. The Labute approximate surface area is 231 Å². The van der Waals surface area contributed by atoms with Gasteiger partial charge in [-0.1, -0.05) is 20.8 Å². The van der Waals surface area contributed by atoms with Crippen LogP contribution in [0.1, 0.15) is 92.4 Å². The second-order valence-corrected chi connectivity index (χ2v) is 13.4. The molecule has 4 aliphatic rings. The number of fused-ring (bicyclic) bond motifs is 5. The van der Waals surface area contributed by atoms with Crippen LogP contribution in [0.5, 0.6) is 0 Å². The Bertz CT molecular complexity index is 969. The van der Waals surface area contributed by atoms with Gasteiger partial charge in [-0.25, -0.2) is 0 Å². The molecule has 0 aromatic carbocycles. The van der Waals surface area contributed by atoms with Crippen LogP contribution < -0.4 is 5.32 Å². The number of carboxylic acid groups (broad SMARTS) is 1. The fourth-order valence-corrected chi connectivity index (χ4v) is 9.61. The van der Waals surface area contributed by atoms with E-state index in [0.717, 1.165) is 32.1 Å². The van der Waals surface area contributed by atoms with Crippen LogP contribution in [-0.4, -0.2) is 58.9 Å². The van der Waals surface area contributed by atoms with E-state index in [9.17, 15) is 24.3 Å². The maximum Gasteiger partial charge on any atom is 0.322 e. The first-order chi connectivity index (χ1) is 18.3. The van der Waals surface area contributed by atoms with Crippen molar-refractivity contribution in [2.75, 3.05) is 6.54 Å². The zero-order chi connectivity index (χ0) is 28.7. The molecule has 0 spiro atoms. The predicted molar refractivity (Wildman–Crippen MR) is 142 cm³/mol. The molecule has 3 N–H and O–H groups in total. The summed E-state index contributed by atoms with van der Waals surface area (Å²) in [4.78, 5) is 47.8. The van der Waals surface area contributed by atoms with Crippen molar-refractivity contribution in [3.63, 3.8) is 0 Å². The molecule has 4 fully saturated rings. The Morgan fingerprint density at radius 1 is 0.974 bits per heavy atom. The molecule has 9 heteroatoms. The van der Waals surface area contributed by atoms with E-state index in [-0.39, 0.29) is 95.5 Å². The van der Waals surface area contributed by atoms with Gasteiger partial charge in [0, 0.05) is 31.6 Å². The van der Waals surface area contributed by atoms with Crippen molar-refractivity contribution >= 4 is 23.8 Å². The van der Waals surface area contributed by atoms with Gasteiger partial charge in [0.05, 0.1) is 6.10 Å². The van der Waals surface area contributed by atoms with Crippen LogP contribution in [0.25, 0.3) is 0 Å². The number of ether oxygens (including phenoxy) is 2. The fraction of sp³-hybridized carbons (Fsp3) is 0.867. The van der Waals surface area contributed by atoms with Gasteiger partial charge in [-0.05, 0) is 86.4 Å². The van der Waals surface area contributed by atoms with Gasteiger partial charge < -0.3 is 25.0 Å². The normalized spacial score (nSPS) is 41.8. The van der Waals surface area contributed by atoms with Crippen molar-refractivity contribution in [1.29, 1.82) is 0 Å². The lowest BCUT2D eigenvalue weighted by molar-refractivity contribution is -0.223. The first-order valence-electron chi connectivity index (χ1n) is 14.8. The number of hydrogen-bond donors (Lipinski definition) is 3. The van der Waals surface area contributed by atoms with E-state index in [1.807, 2.05) is 0 Å². The summed E-state index contributed by atoms with van der Waals surface area (Å²) in [5.74, 6) is -0.740. The molecule has 1 amide bonds. The Kier molecular flexibility index (Phi) is 8.70. The van der Waals surface area contributed by atoms with Crippen molar-refractivity contribution in [1.82, 2.24) is 5.32 Å². The number of carboxylic acids is 1. The van der Waals surface area contributed by atoms with Gasteiger partial charge in [0.15, 0.2) is 0 Å². The molecule has 9 nitrogen and oxygen atoms in total. The number of esters is 2. The van der Waals surface area contributed by atoms with Crippen molar-refractivity contribution < 1.29 is 38.9 Å². The molecule has 0 aromatic heterocycles. The summed E-state index contributed by atoms with van der Waals surface area (Å²) >= 11 is 0. The maximum atomic E-state index is 12.4. The minimum atomic E-state index is -1.07. The molecule has 0 aromatic rings. The van der Waals surface area contributed by atoms with Gasteiger partial charge in [0.2, 0.25) is 5.91 Å². The standard InChI is InChI=1S/C30H47NO8/c1-16(6-9-26(35)31-15-27(36)37)21-7-8-22-28-23(14-25(30(21,22)5)39-18(3)33)29(4)11-10-20(34)12-19(29)13-24(28)38-17(2)32/h16,19-25,28,34H,6-15H2,1-5H3,(H,31,35)(H,36,37)/t16-,19+,20-,21-,22+,23+,24-,25+,28+,29+,30-/m1/s1. The molecule has 0 bridgehead atoms. The summed E-state index contributed by atoms with van der Waals surface area (Å²) in [6.07, 6.45) is 5.74. The zero-order valence-corrected chi connectivity index (χ0v) is 24.1. The predicted octanol–water partition coefficient (Wildman–Crippen LogP) is 3.71. The highest BCUT2D eigenvalue weighted by Gasteiger charge is 2.67. The average Bonchev–Trinajstić information content (AvgIpc) is 3.20. The quantitative estimate of drug-likeness (QED) is 0.390. The third kappa shape index (κ3) is 5.70. The van der Waals surface area contributed by atoms with E-state index in [1.54, 1.807) is 0 Å². The molecule has 4 saturated carbocycles. The van der Waals surface area contributed by atoms with Crippen molar-refractivity contribution in [3.8, 4) is 0 Å². The molecule has 220 valence electrons. The molecule has 0 radical (unpaired) electrons. The lowest BCUT2D eigenvalue weighted by Crippen LogP contribution is -2.63. The molecule has 0 aliphatic heterocycles. The fourth-order valence-electron chi connectivity index (χ4n) is 9.61. The first-order valence-corrected chi connectivity index (χ1v) is 14.8. The number of aliphatic hydroxyl groups is 1. The van der Waals surface area contributed by atoms with E-state index in [0.29, 0.717) is 19.3 Å². The minimum absolute atomic E-state index is 0.0216. The number of aliphatic carboxylic acids is 1. The maximum absolute atomic E-state index is 12.4. The molecule has 0 unspecified atom stereocenters. The summed E-state index contributed by atoms with van der Waals surface area (Å²) in [7, 11) is 0. The van der Waals surface area contributed by atoms with E-state index in [4.69, 9.17) is 14.6 Å². The van der Waals surface area contributed by atoms with Gasteiger partial charge in [-0.2, -0.15) is 0 Å². The minimum Gasteiger partial charge on any atom is -0.480 e. The SMILES string of the molecule is CC(=O)O[C@H]1C[C@H]2[C@@H]([C@H](OC(C)=O)C[C@@H]3C[C@H](O)CC[C@@]32C)[C@@H]2CC[C@H]([C@H](C)CCC(=O)NCC(=O)O)[C@@]12C. The third-order valence-electron chi connectivity index (χ3n) is 11.4. The van der Waals surface area contributed by atoms with Gasteiger partial charge in [0.1, 0.15) is 18.8 Å². The zero-order valence-electron chi connectivity index (χ0n) is 24.1. The first kappa shape index (κ1) is 29.8. The largest absolute Gasteiger partial charge is 0.480 e. The number of amides is 1. The Balaban J connectivity index is 1.64. The summed E-state index contributed by atoms with van der Waals surface area (Å²) in [5.41, 5.74) is -0.355. The highest BCUT2D eigenvalue weighted by Crippen LogP contribution is 2.69. The number of nitrogens with one attached hydrogen (secondary N) is 1. The van der Waals surface area contributed by atoms with Crippen LogP contribution in [0.2, 0.25) is 0 Å². The van der Waals surface area contributed by atoms with E-state index in [1.165, 1.54) is 13.8 Å². The smallest absolute Gasteiger partial charge is 0.322 e. The van der Waals surface area contributed by atoms with Crippen molar-refractivity contribution in [3.05, 3.63) is 0 Å². The van der Waals surface area contributed by atoms with Crippen molar-refractivity contribution in [2.45, 2.75) is 111 Å². The molecular formula is C30H47NO8. The van der Waals surface area contributed by atoms with Gasteiger partial charge in [-0.15, -0.1) is 0 Å². The second kappa shape index (κ2) is 11.4. The number of hydrogen-bond acceptors (Lipinski definition) is 7. The Morgan fingerprint density at radius 3 is 2.31 bits per heavy atom. The summed E-state index contributed by atoms with van der Waals surface area (Å²) in [5, 5.41) is 21.8. The van der Waals surface area contributed by atoms with Gasteiger partial charge in [0.25, 0.3) is 0 Å². The molecular weight excluding hydrogens is 502 g/mol. The van der Waals surface area contributed by atoms with E-state index in [2.05, 4.69) is 26.1 Å². The number of carbonyl (C=O) groups is 4. The third-order valence-corrected chi connectivity index (χ3v) is 11.4. The monoisotopic (exact) mass is 549 g/mol. The number of aliphatic hydroxyl groups excluding tert-OH is 1. The molecule has 11 atom stereocenters. The Morgan fingerprint density at radius 2 is 1.67 bits per heavy atom. The Hall–Kier alpha value is -2.16. The molecule has 0 heterocycles. The van der Waals surface area contributed by atoms with Crippen molar-refractivity contribution in [2.24, 2.45) is 46.3 Å². The number of rotatable bonds is 8. The number of carbonyl (C=O) groups excluding carboxylic acids is 3.